The van der Waals surface area contributed by atoms with Crippen LogP contribution in [0.3, 0.4) is 0 Å². The van der Waals surface area contributed by atoms with E-state index in [1.807, 2.05) is 19.9 Å². The Morgan fingerprint density at radius 1 is 1.67 bits per heavy atom. The minimum atomic E-state index is -0.449. The maximum atomic E-state index is 8.14. The van der Waals surface area contributed by atoms with Gasteiger partial charge in [0.25, 0.3) is 0 Å². The fourth-order valence-corrected chi connectivity index (χ4v) is 0.690. The molecule has 1 unspecified atom stereocenters. The van der Waals surface area contributed by atoms with Crippen LogP contribution in [0.25, 0.3) is 0 Å². The standard InChI is InChI=1S/C6H10ClNO/c1-5(2)9-6(7)3-4-8/h5-6H,3H2,1-2H3. The monoisotopic (exact) mass is 147 g/mol. The zero-order chi connectivity index (χ0) is 7.28. The molecular formula is C6H10ClNO. The summed E-state index contributed by atoms with van der Waals surface area (Å²) in [6.07, 6.45) is 0.348. The van der Waals surface area contributed by atoms with E-state index in [1.54, 1.807) is 0 Å². The van der Waals surface area contributed by atoms with Crippen molar-refractivity contribution in [3.05, 3.63) is 0 Å². The van der Waals surface area contributed by atoms with Gasteiger partial charge in [-0.1, -0.05) is 11.6 Å². The Morgan fingerprint density at radius 3 is 2.56 bits per heavy atom. The van der Waals surface area contributed by atoms with Crippen LogP contribution in [0.5, 0.6) is 0 Å². The van der Waals surface area contributed by atoms with Gasteiger partial charge in [-0.25, -0.2) is 0 Å². The molecule has 0 aromatic heterocycles. The number of nitrogens with zero attached hydrogens (tertiary/aromatic N) is 1. The average Bonchev–Trinajstić information content (AvgIpc) is 1.63. The van der Waals surface area contributed by atoms with E-state index in [0.29, 0.717) is 0 Å². The first-order chi connectivity index (χ1) is 4.16. The molecule has 0 heterocycles. The highest BCUT2D eigenvalue weighted by Crippen LogP contribution is 2.05. The summed E-state index contributed by atoms with van der Waals surface area (Å²) in [6, 6.07) is 1.92. The van der Waals surface area contributed by atoms with E-state index in [0.717, 1.165) is 0 Å². The third kappa shape index (κ3) is 5.61. The number of halogens is 1. The van der Waals surface area contributed by atoms with E-state index in [-0.39, 0.29) is 12.5 Å². The summed E-state index contributed by atoms with van der Waals surface area (Å²) in [5, 5.41) is 8.14. The molecule has 52 valence electrons. The summed E-state index contributed by atoms with van der Waals surface area (Å²) >= 11 is 5.53. The van der Waals surface area contributed by atoms with Crippen molar-refractivity contribution in [3.8, 4) is 6.07 Å². The van der Waals surface area contributed by atoms with Crippen LogP contribution in [0.4, 0.5) is 0 Å². The third-order valence-electron chi connectivity index (χ3n) is 0.672. The smallest absolute Gasteiger partial charge is 0.144 e. The molecular weight excluding hydrogens is 138 g/mol. The molecule has 2 nitrogen and oxygen atoms in total. The van der Waals surface area contributed by atoms with Crippen molar-refractivity contribution in [2.24, 2.45) is 0 Å². The van der Waals surface area contributed by atoms with Crippen molar-refractivity contribution in [1.82, 2.24) is 0 Å². The van der Waals surface area contributed by atoms with Crippen molar-refractivity contribution >= 4 is 11.6 Å². The summed E-state index contributed by atoms with van der Waals surface area (Å²) in [7, 11) is 0. The maximum Gasteiger partial charge on any atom is 0.144 e. The van der Waals surface area contributed by atoms with Gasteiger partial charge in [0, 0.05) is 0 Å². The highest BCUT2D eigenvalue weighted by Gasteiger charge is 2.04. The molecule has 1 atom stereocenters. The molecule has 0 N–H and O–H groups in total. The van der Waals surface area contributed by atoms with Crippen LogP contribution in [0.2, 0.25) is 0 Å². The van der Waals surface area contributed by atoms with Crippen LogP contribution in [0, 0.1) is 11.3 Å². The van der Waals surface area contributed by atoms with Crippen molar-refractivity contribution in [2.45, 2.75) is 31.9 Å². The van der Waals surface area contributed by atoms with Gasteiger partial charge in [0.2, 0.25) is 0 Å². The van der Waals surface area contributed by atoms with E-state index >= 15 is 0 Å². The Morgan fingerprint density at radius 2 is 2.22 bits per heavy atom. The molecule has 0 saturated heterocycles. The second kappa shape index (κ2) is 4.60. The van der Waals surface area contributed by atoms with E-state index in [2.05, 4.69) is 0 Å². The molecule has 0 aromatic carbocycles. The molecule has 0 aromatic rings. The Kier molecular flexibility index (Phi) is 4.47. The number of hydrogen-bond donors (Lipinski definition) is 0. The van der Waals surface area contributed by atoms with Gasteiger partial charge in [-0.05, 0) is 13.8 Å². The van der Waals surface area contributed by atoms with Crippen LogP contribution >= 0.6 is 11.6 Å². The zero-order valence-corrected chi connectivity index (χ0v) is 6.35. The normalized spacial score (nSPS) is 13.2. The molecule has 0 aliphatic rings. The SMILES string of the molecule is CC(C)OC(Cl)CC#N. The fraction of sp³-hybridized carbons (Fsp3) is 0.833. The molecule has 0 aliphatic carbocycles. The van der Waals surface area contributed by atoms with Gasteiger partial charge in [0.05, 0.1) is 18.6 Å². The minimum absolute atomic E-state index is 0.0980. The fourth-order valence-electron chi connectivity index (χ4n) is 0.415. The molecule has 0 spiro atoms. The van der Waals surface area contributed by atoms with E-state index < -0.39 is 5.56 Å². The Hall–Kier alpha value is -0.260. The number of alkyl halides is 1. The predicted octanol–water partition coefficient (Wildman–Crippen LogP) is 1.89. The summed E-state index contributed by atoms with van der Waals surface area (Å²) in [6.45, 7) is 3.76. The first-order valence-corrected chi connectivity index (χ1v) is 3.27. The Bertz CT molecular complexity index is 108. The highest BCUT2D eigenvalue weighted by atomic mass is 35.5. The molecule has 0 amide bonds. The second-order valence-electron chi connectivity index (χ2n) is 1.96. The van der Waals surface area contributed by atoms with Gasteiger partial charge in [0.1, 0.15) is 5.56 Å². The lowest BCUT2D eigenvalue weighted by Gasteiger charge is -2.09. The molecule has 0 rings (SSSR count). The van der Waals surface area contributed by atoms with Gasteiger partial charge in [-0.3, -0.25) is 0 Å². The van der Waals surface area contributed by atoms with Gasteiger partial charge in [-0.2, -0.15) is 5.26 Å². The summed E-state index contributed by atoms with van der Waals surface area (Å²) in [5.74, 6) is 0. The molecule has 0 aliphatic heterocycles. The first-order valence-electron chi connectivity index (χ1n) is 2.83. The zero-order valence-electron chi connectivity index (χ0n) is 5.60. The minimum Gasteiger partial charge on any atom is -0.359 e. The van der Waals surface area contributed by atoms with Gasteiger partial charge in [0.15, 0.2) is 0 Å². The van der Waals surface area contributed by atoms with E-state index in [4.69, 9.17) is 21.6 Å². The van der Waals surface area contributed by atoms with Crippen LogP contribution in [-0.2, 0) is 4.74 Å². The van der Waals surface area contributed by atoms with Crippen molar-refractivity contribution in [1.29, 1.82) is 5.26 Å². The lowest BCUT2D eigenvalue weighted by molar-refractivity contribution is 0.0576. The molecule has 0 radical (unpaired) electrons. The Labute approximate surface area is 60.4 Å². The summed E-state index contributed by atoms with van der Waals surface area (Å²) < 4.78 is 5.03. The third-order valence-corrected chi connectivity index (χ3v) is 0.929. The molecule has 0 saturated carbocycles. The van der Waals surface area contributed by atoms with Crippen LogP contribution in [-0.4, -0.2) is 11.7 Å². The number of rotatable bonds is 3. The lowest BCUT2D eigenvalue weighted by Crippen LogP contribution is -2.10. The van der Waals surface area contributed by atoms with Gasteiger partial charge < -0.3 is 4.74 Å². The quantitative estimate of drug-likeness (QED) is 0.572. The average molecular weight is 148 g/mol. The maximum absolute atomic E-state index is 8.14. The first kappa shape index (κ1) is 8.74. The molecule has 0 bridgehead atoms. The lowest BCUT2D eigenvalue weighted by atomic mass is 10.4. The van der Waals surface area contributed by atoms with Crippen molar-refractivity contribution in [3.63, 3.8) is 0 Å². The van der Waals surface area contributed by atoms with Crippen molar-refractivity contribution < 1.29 is 4.74 Å². The Balaban J connectivity index is 3.29. The topological polar surface area (TPSA) is 33.0 Å². The molecule has 9 heavy (non-hydrogen) atoms. The van der Waals surface area contributed by atoms with Crippen molar-refractivity contribution in [2.75, 3.05) is 0 Å². The number of nitriles is 1. The number of ether oxygens (including phenoxy) is 1. The molecule has 3 heteroatoms. The number of hydrogen-bond acceptors (Lipinski definition) is 2. The van der Waals surface area contributed by atoms with E-state index in [9.17, 15) is 0 Å². The second-order valence-corrected chi connectivity index (χ2v) is 2.44. The van der Waals surface area contributed by atoms with Crippen LogP contribution in [0.1, 0.15) is 20.3 Å². The van der Waals surface area contributed by atoms with Crippen LogP contribution < -0.4 is 0 Å². The van der Waals surface area contributed by atoms with Crippen LogP contribution in [0.15, 0.2) is 0 Å². The van der Waals surface area contributed by atoms with E-state index in [1.165, 1.54) is 0 Å². The summed E-state index contributed by atoms with van der Waals surface area (Å²) in [4.78, 5) is 0. The predicted molar refractivity (Wildman–Crippen MR) is 36.1 cm³/mol. The largest absolute Gasteiger partial charge is 0.359 e. The molecule has 0 fully saturated rings. The van der Waals surface area contributed by atoms with Gasteiger partial charge in [-0.15, -0.1) is 0 Å². The van der Waals surface area contributed by atoms with Gasteiger partial charge >= 0.3 is 0 Å². The highest BCUT2D eigenvalue weighted by molar-refractivity contribution is 6.19. The summed E-state index contributed by atoms with van der Waals surface area (Å²) in [5.41, 5.74) is -0.449.